The summed E-state index contributed by atoms with van der Waals surface area (Å²) in [6, 6.07) is 5.90. The van der Waals surface area contributed by atoms with Crippen LogP contribution in [-0.4, -0.2) is 7.05 Å². The SMILES string of the molecule is CNCc1cc(F)c(Oc2c(C)cc(Cl)cc2C)c(F)c1. The minimum Gasteiger partial charge on any atom is -0.451 e. The molecule has 5 heteroatoms. The average molecular weight is 312 g/mol. The Balaban J connectivity index is 2.41. The van der Waals surface area contributed by atoms with E-state index in [2.05, 4.69) is 5.32 Å². The van der Waals surface area contributed by atoms with Crippen LogP contribution < -0.4 is 10.1 Å². The van der Waals surface area contributed by atoms with E-state index in [0.717, 1.165) is 11.1 Å². The Bertz CT molecular complexity index is 627. The molecule has 2 aromatic rings. The van der Waals surface area contributed by atoms with Crippen molar-refractivity contribution in [2.24, 2.45) is 0 Å². The quantitative estimate of drug-likeness (QED) is 0.880. The summed E-state index contributed by atoms with van der Waals surface area (Å²) < 4.78 is 33.5. The van der Waals surface area contributed by atoms with Crippen molar-refractivity contribution in [1.29, 1.82) is 0 Å². The maximum absolute atomic E-state index is 14.0. The molecule has 0 radical (unpaired) electrons. The Morgan fingerprint density at radius 1 is 1.00 bits per heavy atom. The van der Waals surface area contributed by atoms with Crippen LogP contribution >= 0.6 is 11.6 Å². The van der Waals surface area contributed by atoms with Gasteiger partial charge in [0.05, 0.1) is 0 Å². The fraction of sp³-hybridized carbons (Fsp3) is 0.250. The van der Waals surface area contributed by atoms with Crippen molar-refractivity contribution in [3.63, 3.8) is 0 Å². The molecule has 0 aliphatic carbocycles. The summed E-state index contributed by atoms with van der Waals surface area (Å²) in [7, 11) is 1.71. The second kappa shape index (κ2) is 6.41. The molecule has 0 spiro atoms. The molecule has 21 heavy (non-hydrogen) atoms. The molecule has 0 unspecified atom stereocenters. The summed E-state index contributed by atoms with van der Waals surface area (Å²) in [6.45, 7) is 3.94. The summed E-state index contributed by atoms with van der Waals surface area (Å²) in [6.07, 6.45) is 0. The molecule has 0 aliphatic rings. The lowest BCUT2D eigenvalue weighted by atomic mass is 10.1. The van der Waals surface area contributed by atoms with Gasteiger partial charge in [0.25, 0.3) is 0 Å². The Kier molecular flexibility index (Phi) is 4.80. The van der Waals surface area contributed by atoms with Crippen LogP contribution in [0.1, 0.15) is 16.7 Å². The molecule has 2 aromatic carbocycles. The van der Waals surface area contributed by atoms with E-state index in [0.29, 0.717) is 22.9 Å². The van der Waals surface area contributed by atoms with Gasteiger partial charge in [0.1, 0.15) is 5.75 Å². The van der Waals surface area contributed by atoms with Gasteiger partial charge >= 0.3 is 0 Å². The van der Waals surface area contributed by atoms with Crippen molar-refractivity contribution in [3.8, 4) is 11.5 Å². The second-order valence-electron chi connectivity index (χ2n) is 4.89. The van der Waals surface area contributed by atoms with Gasteiger partial charge in [-0.05, 0) is 61.9 Å². The van der Waals surface area contributed by atoms with Gasteiger partial charge in [-0.2, -0.15) is 0 Å². The summed E-state index contributed by atoms with van der Waals surface area (Å²) >= 11 is 5.93. The smallest absolute Gasteiger partial charge is 0.198 e. The van der Waals surface area contributed by atoms with Gasteiger partial charge in [-0.1, -0.05) is 11.6 Å². The van der Waals surface area contributed by atoms with Gasteiger partial charge in [-0.25, -0.2) is 8.78 Å². The highest BCUT2D eigenvalue weighted by Crippen LogP contribution is 2.34. The lowest BCUT2D eigenvalue weighted by molar-refractivity contribution is 0.402. The number of nitrogens with one attached hydrogen (secondary N) is 1. The molecule has 0 saturated heterocycles. The van der Waals surface area contributed by atoms with Crippen LogP contribution in [0.5, 0.6) is 11.5 Å². The van der Waals surface area contributed by atoms with Gasteiger partial charge in [0.15, 0.2) is 17.4 Å². The maximum atomic E-state index is 14.0. The summed E-state index contributed by atoms with van der Waals surface area (Å²) in [5, 5.41) is 3.40. The third kappa shape index (κ3) is 3.52. The van der Waals surface area contributed by atoms with Gasteiger partial charge in [0, 0.05) is 11.6 Å². The standard InChI is InChI=1S/C16H16ClF2NO/c1-9-4-12(17)5-10(2)15(9)21-16-13(18)6-11(8-20-3)7-14(16)19/h4-7,20H,8H2,1-3H3. The minimum atomic E-state index is -0.728. The van der Waals surface area contributed by atoms with Crippen LogP contribution in [0, 0.1) is 25.5 Å². The third-order valence-corrected chi connectivity index (χ3v) is 3.29. The first-order valence-electron chi connectivity index (χ1n) is 6.49. The van der Waals surface area contributed by atoms with E-state index in [4.69, 9.17) is 16.3 Å². The Morgan fingerprint density at radius 2 is 1.52 bits per heavy atom. The number of hydrogen-bond donors (Lipinski definition) is 1. The zero-order valence-corrected chi connectivity index (χ0v) is 12.8. The largest absolute Gasteiger partial charge is 0.451 e. The number of aryl methyl sites for hydroxylation is 2. The predicted octanol–water partition coefficient (Wildman–Crippen LogP) is 4.75. The van der Waals surface area contributed by atoms with Crippen LogP contribution in [0.15, 0.2) is 24.3 Å². The molecule has 0 bridgehead atoms. The Hall–Kier alpha value is -1.65. The van der Waals surface area contributed by atoms with E-state index < -0.39 is 17.4 Å². The minimum absolute atomic E-state index is 0.382. The number of halogens is 3. The number of ether oxygens (including phenoxy) is 1. The molecular weight excluding hydrogens is 296 g/mol. The highest BCUT2D eigenvalue weighted by Gasteiger charge is 2.16. The van der Waals surface area contributed by atoms with E-state index >= 15 is 0 Å². The van der Waals surface area contributed by atoms with Gasteiger partial charge in [0.2, 0.25) is 0 Å². The third-order valence-electron chi connectivity index (χ3n) is 3.07. The van der Waals surface area contributed by atoms with Crippen molar-refractivity contribution < 1.29 is 13.5 Å². The van der Waals surface area contributed by atoms with Crippen molar-refractivity contribution in [2.75, 3.05) is 7.05 Å². The fourth-order valence-electron chi connectivity index (χ4n) is 2.18. The average Bonchev–Trinajstić information content (AvgIpc) is 2.36. The molecule has 2 nitrogen and oxygen atoms in total. The molecule has 0 heterocycles. The first-order valence-corrected chi connectivity index (χ1v) is 6.87. The van der Waals surface area contributed by atoms with Crippen LogP contribution in [0.25, 0.3) is 0 Å². The molecule has 112 valence electrons. The van der Waals surface area contributed by atoms with Crippen LogP contribution in [0.2, 0.25) is 5.02 Å². The lowest BCUT2D eigenvalue weighted by Crippen LogP contribution is -2.06. The number of benzene rings is 2. The zero-order valence-electron chi connectivity index (χ0n) is 12.1. The first kappa shape index (κ1) is 15.7. The van der Waals surface area contributed by atoms with Crippen molar-refractivity contribution in [3.05, 3.63) is 57.6 Å². The van der Waals surface area contributed by atoms with Crippen molar-refractivity contribution in [2.45, 2.75) is 20.4 Å². The zero-order chi connectivity index (χ0) is 15.6. The van der Waals surface area contributed by atoms with Crippen LogP contribution in [0.3, 0.4) is 0 Å². The lowest BCUT2D eigenvalue weighted by Gasteiger charge is -2.14. The Morgan fingerprint density at radius 3 is 2.00 bits per heavy atom. The maximum Gasteiger partial charge on any atom is 0.198 e. The topological polar surface area (TPSA) is 21.3 Å². The molecular formula is C16H16ClF2NO. The summed E-state index contributed by atoms with van der Waals surface area (Å²) in [5.74, 6) is -1.44. The van der Waals surface area contributed by atoms with Crippen molar-refractivity contribution in [1.82, 2.24) is 5.32 Å². The molecule has 0 saturated carbocycles. The monoisotopic (exact) mass is 311 g/mol. The normalized spacial score (nSPS) is 10.8. The highest BCUT2D eigenvalue weighted by molar-refractivity contribution is 6.30. The van der Waals surface area contributed by atoms with Crippen LogP contribution in [0.4, 0.5) is 8.78 Å². The number of rotatable bonds is 4. The van der Waals surface area contributed by atoms with E-state index in [1.54, 1.807) is 33.0 Å². The Labute approximate surface area is 127 Å². The molecule has 0 amide bonds. The first-order chi connectivity index (χ1) is 9.92. The van der Waals surface area contributed by atoms with Gasteiger partial charge in [-0.15, -0.1) is 0 Å². The predicted molar refractivity (Wildman–Crippen MR) is 80.1 cm³/mol. The summed E-state index contributed by atoms with van der Waals surface area (Å²) in [4.78, 5) is 0. The van der Waals surface area contributed by atoms with E-state index in [-0.39, 0.29) is 0 Å². The van der Waals surface area contributed by atoms with E-state index in [1.807, 2.05) is 0 Å². The molecule has 1 N–H and O–H groups in total. The van der Waals surface area contributed by atoms with E-state index in [9.17, 15) is 8.78 Å². The van der Waals surface area contributed by atoms with Gasteiger partial charge < -0.3 is 10.1 Å². The molecule has 0 aromatic heterocycles. The van der Waals surface area contributed by atoms with E-state index in [1.165, 1.54) is 12.1 Å². The number of hydrogen-bond acceptors (Lipinski definition) is 2. The molecule has 2 rings (SSSR count). The molecule has 0 atom stereocenters. The van der Waals surface area contributed by atoms with Crippen LogP contribution in [-0.2, 0) is 6.54 Å². The van der Waals surface area contributed by atoms with Gasteiger partial charge in [-0.3, -0.25) is 0 Å². The molecule has 0 aliphatic heterocycles. The fourth-order valence-corrected chi connectivity index (χ4v) is 2.50. The molecule has 0 fully saturated rings. The van der Waals surface area contributed by atoms with Crippen molar-refractivity contribution >= 4 is 11.6 Å². The highest BCUT2D eigenvalue weighted by atomic mass is 35.5. The second-order valence-corrected chi connectivity index (χ2v) is 5.33. The summed E-state index contributed by atoms with van der Waals surface area (Å²) in [5.41, 5.74) is 1.96.